The van der Waals surface area contributed by atoms with Crippen molar-refractivity contribution in [3.63, 3.8) is 0 Å². The van der Waals surface area contributed by atoms with Crippen LogP contribution in [-0.4, -0.2) is 23.9 Å². The van der Waals surface area contributed by atoms with Crippen LogP contribution in [0.5, 0.6) is 0 Å². The molecule has 0 aliphatic heterocycles. The molecule has 0 radical (unpaired) electrons. The second-order valence-electron chi connectivity index (χ2n) is 8.43. The number of aryl methyl sites for hydroxylation is 3. The van der Waals surface area contributed by atoms with Crippen LogP contribution in [0.1, 0.15) is 28.8 Å². The van der Waals surface area contributed by atoms with E-state index in [2.05, 4.69) is 4.72 Å². The molecular weight excluding hydrogens is 470 g/mol. The number of aromatic nitrogens is 2. The number of nitrogens with zero attached hydrogens (tertiary/aromatic N) is 2. The minimum atomic E-state index is -4.07. The Balaban J connectivity index is 1.57. The summed E-state index contributed by atoms with van der Waals surface area (Å²) in [6.07, 6.45) is 3.82. The van der Waals surface area contributed by atoms with Crippen molar-refractivity contribution in [2.45, 2.75) is 44.0 Å². The van der Waals surface area contributed by atoms with Gasteiger partial charge in [-0.15, -0.1) is 11.3 Å². The fraction of sp³-hybridized carbons (Fsp3) is 0.240. The highest BCUT2D eigenvalue weighted by Gasteiger charge is 2.25. The van der Waals surface area contributed by atoms with Crippen LogP contribution < -0.4 is 10.3 Å². The van der Waals surface area contributed by atoms with E-state index < -0.39 is 22.5 Å². The van der Waals surface area contributed by atoms with Gasteiger partial charge < -0.3 is 0 Å². The topological polar surface area (TPSA) is 98.1 Å². The average molecular weight is 494 g/mol. The van der Waals surface area contributed by atoms with Crippen LogP contribution in [0.2, 0.25) is 0 Å². The molecule has 2 aromatic carbocycles. The van der Waals surface area contributed by atoms with Gasteiger partial charge in [0.25, 0.3) is 21.5 Å². The maximum atomic E-state index is 13.7. The summed E-state index contributed by atoms with van der Waals surface area (Å²) >= 11 is 1.54. The van der Waals surface area contributed by atoms with Gasteiger partial charge in [0, 0.05) is 10.4 Å². The number of sulfonamides is 1. The maximum Gasteiger partial charge on any atom is 0.264 e. The monoisotopic (exact) mass is 493 g/mol. The first-order valence-corrected chi connectivity index (χ1v) is 13.4. The molecule has 1 aliphatic carbocycles. The molecule has 7 nitrogen and oxygen atoms in total. The molecule has 0 spiro atoms. The number of carbonyl (C=O) groups is 1. The third kappa shape index (κ3) is 4.17. The molecule has 2 heterocycles. The SMILES string of the molecule is Cc1ccc(S(=O)(=O)NC(=O)Cn2c(-c3ccccc3)nc3sc4c(c3c2=O)CCCC4)cc1. The van der Waals surface area contributed by atoms with E-state index in [0.29, 0.717) is 21.6 Å². The normalized spacial score (nSPS) is 13.6. The van der Waals surface area contributed by atoms with E-state index in [1.54, 1.807) is 12.1 Å². The van der Waals surface area contributed by atoms with Crippen LogP contribution >= 0.6 is 11.3 Å². The van der Waals surface area contributed by atoms with Crippen LogP contribution in [-0.2, 0) is 34.2 Å². The first-order chi connectivity index (χ1) is 16.3. The Kier molecular flexibility index (Phi) is 5.83. The maximum absolute atomic E-state index is 13.7. The summed E-state index contributed by atoms with van der Waals surface area (Å²) in [7, 11) is -4.07. The zero-order valence-corrected chi connectivity index (χ0v) is 20.2. The Labute approximate surface area is 201 Å². The van der Waals surface area contributed by atoms with Gasteiger partial charge >= 0.3 is 0 Å². The fourth-order valence-corrected chi connectivity index (χ4v) is 6.52. The Morgan fingerprint density at radius 3 is 2.50 bits per heavy atom. The smallest absolute Gasteiger partial charge is 0.264 e. The lowest BCUT2D eigenvalue weighted by molar-refractivity contribution is -0.119. The molecule has 0 fully saturated rings. The first-order valence-electron chi connectivity index (χ1n) is 11.1. The number of rotatable bonds is 5. The Hall–Kier alpha value is -3.30. The van der Waals surface area contributed by atoms with E-state index in [1.807, 2.05) is 37.3 Å². The van der Waals surface area contributed by atoms with E-state index >= 15 is 0 Å². The number of nitrogens with one attached hydrogen (secondary N) is 1. The molecule has 1 aliphatic rings. The molecule has 0 bridgehead atoms. The lowest BCUT2D eigenvalue weighted by Gasteiger charge is -2.14. The van der Waals surface area contributed by atoms with Gasteiger partial charge in [0.15, 0.2) is 0 Å². The lowest BCUT2D eigenvalue weighted by atomic mass is 9.97. The largest absolute Gasteiger partial charge is 0.282 e. The van der Waals surface area contributed by atoms with Gasteiger partial charge in [0.1, 0.15) is 17.2 Å². The summed E-state index contributed by atoms with van der Waals surface area (Å²) in [6.45, 7) is 1.39. The van der Waals surface area contributed by atoms with Gasteiger partial charge in [-0.25, -0.2) is 18.1 Å². The quantitative estimate of drug-likeness (QED) is 0.456. The Bertz CT molecular complexity index is 1550. The Morgan fingerprint density at radius 1 is 1.06 bits per heavy atom. The lowest BCUT2D eigenvalue weighted by Crippen LogP contribution is -2.37. The van der Waals surface area contributed by atoms with Crippen LogP contribution in [0.4, 0.5) is 0 Å². The molecule has 9 heteroatoms. The third-order valence-corrected chi connectivity index (χ3v) is 8.56. The van der Waals surface area contributed by atoms with Crippen molar-refractivity contribution < 1.29 is 13.2 Å². The fourth-order valence-electron chi connectivity index (χ4n) is 4.29. The van der Waals surface area contributed by atoms with Crippen LogP contribution in [0.25, 0.3) is 21.6 Å². The van der Waals surface area contributed by atoms with Crippen molar-refractivity contribution in [1.29, 1.82) is 0 Å². The number of benzene rings is 2. The highest BCUT2D eigenvalue weighted by molar-refractivity contribution is 7.90. The minimum absolute atomic E-state index is 0.0115. The molecule has 1 N–H and O–H groups in total. The number of hydrogen-bond donors (Lipinski definition) is 1. The first kappa shape index (κ1) is 22.5. The van der Waals surface area contributed by atoms with Gasteiger partial charge in [0.05, 0.1) is 10.3 Å². The summed E-state index contributed by atoms with van der Waals surface area (Å²) < 4.78 is 28.8. The van der Waals surface area contributed by atoms with Crippen molar-refractivity contribution in [3.05, 3.63) is 81.0 Å². The predicted molar refractivity (Wildman–Crippen MR) is 132 cm³/mol. The molecular formula is C25H23N3O4S2. The van der Waals surface area contributed by atoms with E-state index in [4.69, 9.17) is 4.98 Å². The van der Waals surface area contributed by atoms with Crippen LogP contribution in [0.15, 0.2) is 64.3 Å². The molecule has 174 valence electrons. The summed E-state index contributed by atoms with van der Waals surface area (Å²) in [4.78, 5) is 33.2. The number of carbonyl (C=O) groups excluding carboxylic acids is 1. The van der Waals surface area contributed by atoms with Gasteiger partial charge in [-0.3, -0.25) is 14.2 Å². The molecule has 2 aromatic heterocycles. The molecule has 1 amide bonds. The third-order valence-electron chi connectivity index (χ3n) is 5.99. The number of amides is 1. The van der Waals surface area contributed by atoms with Gasteiger partial charge in [-0.2, -0.15) is 0 Å². The highest BCUT2D eigenvalue weighted by atomic mass is 32.2. The summed E-state index contributed by atoms with van der Waals surface area (Å²) in [5.74, 6) is -0.454. The molecule has 0 saturated carbocycles. The molecule has 0 saturated heterocycles. The van der Waals surface area contributed by atoms with E-state index in [0.717, 1.165) is 36.8 Å². The van der Waals surface area contributed by atoms with Gasteiger partial charge in [-0.1, -0.05) is 48.0 Å². The minimum Gasteiger partial charge on any atom is -0.282 e. The summed E-state index contributed by atoms with van der Waals surface area (Å²) in [6, 6.07) is 15.4. The molecule has 4 aromatic rings. The number of fused-ring (bicyclic) bond motifs is 3. The van der Waals surface area contributed by atoms with Crippen molar-refractivity contribution in [2.24, 2.45) is 0 Å². The van der Waals surface area contributed by atoms with Crippen molar-refractivity contribution in [1.82, 2.24) is 14.3 Å². The van der Waals surface area contributed by atoms with Crippen LogP contribution in [0.3, 0.4) is 0 Å². The number of hydrogen-bond acceptors (Lipinski definition) is 6. The number of thiophene rings is 1. The Morgan fingerprint density at radius 2 is 1.76 bits per heavy atom. The van der Waals surface area contributed by atoms with Crippen molar-refractivity contribution in [2.75, 3.05) is 0 Å². The molecule has 34 heavy (non-hydrogen) atoms. The molecule has 0 unspecified atom stereocenters. The molecule has 0 atom stereocenters. The van der Waals surface area contributed by atoms with E-state index in [-0.39, 0.29) is 10.5 Å². The second-order valence-corrected chi connectivity index (χ2v) is 11.2. The standard InChI is InChI=1S/C25H23N3O4S2/c1-16-11-13-18(14-12-16)34(31,32)27-21(29)15-28-23(17-7-3-2-4-8-17)26-24-22(25(28)30)19-9-5-6-10-20(19)33-24/h2-4,7-8,11-14H,5-6,9-10,15H2,1H3,(H,27,29). The van der Waals surface area contributed by atoms with Crippen LogP contribution in [0, 0.1) is 6.92 Å². The average Bonchev–Trinajstić information content (AvgIpc) is 3.20. The van der Waals surface area contributed by atoms with Gasteiger partial charge in [0.2, 0.25) is 0 Å². The van der Waals surface area contributed by atoms with Gasteiger partial charge in [-0.05, 0) is 50.3 Å². The van der Waals surface area contributed by atoms with E-state index in [1.165, 1.54) is 32.9 Å². The van der Waals surface area contributed by atoms with Crippen molar-refractivity contribution >= 4 is 37.5 Å². The van der Waals surface area contributed by atoms with Crippen molar-refractivity contribution in [3.8, 4) is 11.4 Å². The predicted octanol–water partition coefficient (Wildman–Crippen LogP) is 3.82. The summed E-state index contributed by atoms with van der Waals surface area (Å²) in [5.41, 5.74) is 2.29. The molecule has 5 rings (SSSR count). The zero-order valence-electron chi connectivity index (χ0n) is 18.6. The second kappa shape index (κ2) is 8.81. The zero-order chi connectivity index (χ0) is 23.9. The summed E-state index contributed by atoms with van der Waals surface area (Å²) in [5, 5.41) is 0.550. The van der Waals surface area contributed by atoms with E-state index in [9.17, 15) is 18.0 Å². The highest BCUT2D eigenvalue weighted by Crippen LogP contribution is 2.34.